The van der Waals surface area contributed by atoms with E-state index in [1.165, 1.54) is 6.26 Å². The summed E-state index contributed by atoms with van der Waals surface area (Å²) in [6, 6.07) is 8.43. The molecule has 25 heavy (non-hydrogen) atoms. The third-order valence-corrected chi connectivity index (χ3v) is 5.79. The number of hydrogen-bond acceptors (Lipinski definition) is 2. The van der Waals surface area contributed by atoms with Crippen molar-refractivity contribution in [2.45, 2.75) is 0 Å². The predicted molar refractivity (Wildman–Crippen MR) is 107 cm³/mol. The molecular formula is C17H11Cl4NO2S. The average Bonchev–Trinajstić information content (AvgIpc) is 2.88. The van der Waals surface area contributed by atoms with Crippen molar-refractivity contribution in [2.24, 2.45) is 0 Å². The van der Waals surface area contributed by atoms with Crippen LogP contribution in [0.5, 0.6) is 0 Å². The smallest absolute Gasteiger partial charge is 0.192 e. The zero-order chi connectivity index (χ0) is 18.3. The Morgan fingerprint density at radius 1 is 1.00 bits per heavy atom. The number of aromatic nitrogens is 1. The van der Waals surface area contributed by atoms with Gasteiger partial charge in [0.25, 0.3) is 0 Å². The summed E-state index contributed by atoms with van der Waals surface area (Å²) < 4.78 is 11.5. The Morgan fingerprint density at radius 2 is 1.64 bits per heavy atom. The van der Waals surface area contributed by atoms with Gasteiger partial charge in [-0.1, -0.05) is 52.5 Å². The van der Waals surface area contributed by atoms with Gasteiger partial charge in [0, 0.05) is 33.5 Å². The molecule has 8 heteroatoms. The molecule has 1 atom stereocenters. The van der Waals surface area contributed by atoms with E-state index in [0.29, 0.717) is 42.4 Å². The van der Waals surface area contributed by atoms with Gasteiger partial charge < -0.3 is 4.98 Å². The maximum Gasteiger partial charge on any atom is 0.192 e. The maximum absolute atomic E-state index is 12.6. The molecular weight excluding hydrogens is 424 g/mol. The highest BCUT2D eigenvalue weighted by Crippen LogP contribution is 2.38. The Kier molecular flexibility index (Phi) is 5.47. The van der Waals surface area contributed by atoms with Gasteiger partial charge in [0.05, 0.1) is 31.5 Å². The van der Waals surface area contributed by atoms with Gasteiger partial charge in [-0.05, 0) is 29.8 Å². The summed E-state index contributed by atoms with van der Waals surface area (Å²) in [6.45, 7) is 0. The zero-order valence-electron chi connectivity index (χ0n) is 12.8. The highest BCUT2D eigenvalue weighted by atomic mass is 35.5. The lowest BCUT2D eigenvalue weighted by atomic mass is 10.0. The molecule has 0 aliphatic rings. The number of nitrogens with one attached hydrogen (secondary N) is 1. The first-order valence-corrected chi connectivity index (χ1v) is 10.3. The minimum absolute atomic E-state index is 0.0946. The largest absolute Gasteiger partial charge is 0.352 e. The van der Waals surface area contributed by atoms with E-state index in [2.05, 4.69) is 4.98 Å². The molecule has 0 saturated heterocycles. The van der Waals surface area contributed by atoms with E-state index in [0.717, 1.165) is 5.39 Å². The summed E-state index contributed by atoms with van der Waals surface area (Å²) >= 11 is 24.4. The van der Waals surface area contributed by atoms with Gasteiger partial charge in [0.15, 0.2) is 5.78 Å². The number of carbonyl (C=O) groups excluding carboxylic acids is 1. The second-order valence-electron chi connectivity index (χ2n) is 5.46. The van der Waals surface area contributed by atoms with Crippen LogP contribution in [-0.4, -0.2) is 27.0 Å². The third kappa shape index (κ3) is 3.74. The number of rotatable bonds is 4. The normalized spacial score (nSPS) is 12.5. The van der Waals surface area contributed by atoms with Crippen LogP contribution in [0.25, 0.3) is 22.0 Å². The van der Waals surface area contributed by atoms with Crippen LogP contribution in [0.3, 0.4) is 0 Å². The first-order valence-electron chi connectivity index (χ1n) is 7.07. The Bertz CT molecular complexity index is 1030. The Morgan fingerprint density at radius 3 is 2.28 bits per heavy atom. The topological polar surface area (TPSA) is 49.9 Å². The van der Waals surface area contributed by atoms with E-state index in [4.69, 9.17) is 46.4 Å². The van der Waals surface area contributed by atoms with Crippen molar-refractivity contribution in [3.8, 4) is 11.1 Å². The SMILES string of the molecule is CS(=O)CC(=O)c1[nH]c2cc(Cl)c(Cl)cc2c1-c1ccc(Cl)c(Cl)c1. The quantitative estimate of drug-likeness (QED) is 0.511. The number of H-pyrrole nitrogens is 1. The van der Waals surface area contributed by atoms with E-state index in [1.807, 2.05) is 0 Å². The Hall–Kier alpha value is -1.04. The van der Waals surface area contributed by atoms with Crippen LogP contribution in [0.4, 0.5) is 0 Å². The van der Waals surface area contributed by atoms with Crippen LogP contribution in [0.1, 0.15) is 10.5 Å². The fraction of sp³-hybridized carbons (Fsp3) is 0.118. The number of carbonyl (C=O) groups is 1. The van der Waals surface area contributed by atoms with Gasteiger partial charge in [0.1, 0.15) is 0 Å². The van der Waals surface area contributed by atoms with Gasteiger partial charge in [0.2, 0.25) is 0 Å². The second kappa shape index (κ2) is 7.29. The van der Waals surface area contributed by atoms with E-state index < -0.39 is 10.8 Å². The van der Waals surface area contributed by atoms with Gasteiger partial charge >= 0.3 is 0 Å². The van der Waals surface area contributed by atoms with Gasteiger partial charge in [-0.3, -0.25) is 9.00 Å². The molecule has 2 aromatic carbocycles. The monoisotopic (exact) mass is 433 g/mol. The lowest BCUT2D eigenvalue weighted by Gasteiger charge is -2.06. The minimum Gasteiger partial charge on any atom is -0.352 e. The zero-order valence-corrected chi connectivity index (χ0v) is 16.7. The molecule has 0 bridgehead atoms. The van der Waals surface area contributed by atoms with Crippen molar-refractivity contribution < 1.29 is 9.00 Å². The summed E-state index contributed by atoms with van der Waals surface area (Å²) in [5.74, 6) is -0.367. The van der Waals surface area contributed by atoms with Gasteiger partial charge in [-0.15, -0.1) is 0 Å². The summed E-state index contributed by atoms with van der Waals surface area (Å²) in [7, 11) is -1.27. The minimum atomic E-state index is -1.27. The summed E-state index contributed by atoms with van der Waals surface area (Å²) in [6.07, 6.45) is 1.48. The van der Waals surface area contributed by atoms with Crippen molar-refractivity contribution in [2.75, 3.05) is 12.0 Å². The molecule has 1 aromatic heterocycles. The van der Waals surface area contributed by atoms with E-state index in [1.54, 1.807) is 30.3 Å². The number of benzene rings is 2. The number of ketones is 1. The molecule has 0 aliphatic heterocycles. The first kappa shape index (κ1) is 18.7. The summed E-state index contributed by atoms with van der Waals surface area (Å²) in [5.41, 5.74) is 2.31. The van der Waals surface area contributed by atoms with E-state index in [9.17, 15) is 9.00 Å². The van der Waals surface area contributed by atoms with Crippen LogP contribution in [0.15, 0.2) is 30.3 Å². The fourth-order valence-electron chi connectivity index (χ4n) is 2.61. The first-order chi connectivity index (χ1) is 11.8. The Balaban J connectivity index is 2.32. The second-order valence-corrected chi connectivity index (χ2v) is 8.52. The van der Waals surface area contributed by atoms with Crippen molar-refractivity contribution >= 4 is 73.9 Å². The third-order valence-electron chi connectivity index (χ3n) is 3.66. The number of Topliss-reactive ketones (excluding diaryl/α,β-unsaturated/α-hetero) is 1. The summed E-state index contributed by atoms with van der Waals surface area (Å²) in [4.78, 5) is 15.7. The van der Waals surface area contributed by atoms with Crippen LogP contribution < -0.4 is 0 Å². The number of fused-ring (bicyclic) bond motifs is 1. The molecule has 1 unspecified atom stereocenters. The molecule has 3 nitrogen and oxygen atoms in total. The molecule has 1 N–H and O–H groups in total. The lowest BCUT2D eigenvalue weighted by Crippen LogP contribution is -2.11. The molecule has 1 heterocycles. The van der Waals surface area contributed by atoms with Crippen molar-refractivity contribution in [1.29, 1.82) is 0 Å². The highest BCUT2D eigenvalue weighted by molar-refractivity contribution is 7.85. The molecule has 0 radical (unpaired) electrons. The molecule has 0 fully saturated rings. The van der Waals surface area contributed by atoms with Crippen molar-refractivity contribution in [3.05, 3.63) is 56.1 Å². The average molecular weight is 435 g/mol. The van der Waals surface area contributed by atoms with Crippen LogP contribution in [0.2, 0.25) is 20.1 Å². The van der Waals surface area contributed by atoms with Crippen LogP contribution >= 0.6 is 46.4 Å². The number of halogens is 4. The van der Waals surface area contributed by atoms with Crippen molar-refractivity contribution in [3.63, 3.8) is 0 Å². The summed E-state index contributed by atoms with van der Waals surface area (Å²) in [5, 5.41) is 2.24. The van der Waals surface area contributed by atoms with Crippen molar-refractivity contribution in [1.82, 2.24) is 4.98 Å². The molecule has 3 rings (SSSR count). The number of aromatic amines is 1. The van der Waals surface area contributed by atoms with Gasteiger partial charge in [-0.2, -0.15) is 0 Å². The maximum atomic E-state index is 12.6. The molecule has 0 saturated carbocycles. The van der Waals surface area contributed by atoms with E-state index >= 15 is 0 Å². The van der Waals surface area contributed by atoms with Gasteiger partial charge in [-0.25, -0.2) is 0 Å². The highest BCUT2D eigenvalue weighted by Gasteiger charge is 2.21. The Labute approximate surface area is 166 Å². The molecule has 0 amide bonds. The van der Waals surface area contributed by atoms with E-state index in [-0.39, 0.29) is 11.5 Å². The number of hydrogen-bond donors (Lipinski definition) is 1. The molecule has 130 valence electrons. The predicted octanol–water partition coefficient (Wildman–Crippen LogP) is 6.01. The molecule has 3 aromatic rings. The van der Waals surface area contributed by atoms with Crippen LogP contribution in [0, 0.1) is 0 Å². The van der Waals surface area contributed by atoms with Crippen LogP contribution in [-0.2, 0) is 10.8 Å². The molecule has 0 spiro atoms. The lowest BCUT2D eigenvalue weighted by molar-refractivity contribution is 0.101. The standard InChI is InChI=1S/C17H11Cl4NO2S/c1-25(24)7-15(23)17-16(8-2-3-10(18)11(19)4-8)9-5-12(20)13(21)6-14(9)22-17/h2-6,22H,7H2,1H3. The fourth-order valence-corrected chi connectivity index (χ4v) is 3.75. The molecule has 0 aliphatic carbocycles.